The topological polar surface area (TPSA) is 47.8 Å². The number of aryl methyl sites for hydroxylation is 2. The van der Waals surface area contributed by atoms with E-state index in [0.29, 0.717) is 5.56 Å². The van der Waals surface area contributed by atoms with Gasteiger partial charge in [-0.1, -0.05) is 0 Å². The highest BCUT2D eigenvalue weighted by molar-refractivity contribution is 5.85. The molecule has 0 aliphatic rings. The van der Waals surface area contributed by atoms with Crippen LogP contribution in [0.5, 0.6) is 0 Å². The first kappa shape index (κ1) is 9.58. The Morgan fingerprint density at radius 2 is 2.27 bits per heavy atom. The Kier molecular flexibility index (Phi) is 2.33. The molecule has 0 radical (unpaired) electrons. The molecule has 0 atom stereocenters. The van der Waals surface area contributed by atoms with E-state index >= 15 is 0 Å². The molecule has 0 amide bonds. The highest BCUT2D eigenvalue weighted by Crippen LogP contribution is 2.20. The number of aromatic nitrogens is 3. The first-order chi connectivity index (χ1) is 7.22. The third-order valence-corrected chi connectivity index (χ3v) is 2.37. The molecule has 0 unspecified atom stereocenters. The van der Waals surface area contributed by atoms with Crippen LogP contribution in [0.15, 0.2) is 24.5 Å². The predicted molar refractivity (Wildman–Crippen MR) is 56.6 cm³/mol. The van der Waals surface area contributed by atoms with Gasteiger partial charge in [-0.05, 0) is 19.1 Å². The van der Waals surface area contributed by atoms with Gasteiger partial charge in [0.05, 0.1) is 5.69 Å². The van der Waals surface area contributed by atoms with E-state index in [1.54, 1.807) is 23.1 Å². The van der Waals surface area contributed by atoms with Gasteiger partial charge in [0.1, 0.15) is 0 Å². The van der Waals surface area contributed by atoms with Crippen LogP contribution >= 0.6 is 0 Å². The van der Waals surface area contributed by atoms with Crippen molar-refractivity contribution in [3.8, 4) is 11.3 Å². The molecule has 0 saturated carbocycles. The molecule has 4 nitrogen and oxygen atoms in total. The number of carbonyl (C=O) groups excluding carboxylic acids is 1. The molecule has 2 aromatic heterocycles. The molecule has 2 heterocycles. The summed E-state index contributed by atoms with van der Waals surface area (Å²) in [4.78, 5) is 14.8. The normalized spacial score (nSPS) is 10.3. The summed E-state index contributed by atoms with van der Waals surface area (Å²) in [5, 5.41) is 4.31. The van der Waals surface area contributed by atoms with Gasteiger partial charge in [-0.15, -0.1) is 0 Å². The predicted octanol–water partition coefficient (Wildman–Crippen LogP) is 1.60. The van der Waals surface area contributed by atoms with Crippen molar-refractivity contribution in [2.45, 2.75) is 6.92 Å². The molecule has 0 bridgehead atoms. The number of nitrogens with zero attached hydrogens (tertiary/aromatic N) is 3. The van der Waals surface area contributed by atoms with Crippen molar-refractivity contribution < 1.29 is 4.79 Å². The highest BCUT2D eigenvalue weighted by atomic mass is 16.1. The van der Waals surface area contributed by atoms with E-state index in [1.807, 2.05) is 20.0 Å². The lowest BCUT2D eigenvalue weighted by molar-refractivity contribution is 0.112. The van der Waals surface area contributed by atoms with E-state index in [-0.39, 0.29) is 0 Å². The Labute approximate surface area is 87.6 Å². The van der Waals surface area contributed by atoms with Crippen LogP contribution in [-0.4, -0.2) is 21.1 Å². The van der Waals surface area contributed by atoms with Gasteiger partial charge in [-0.2, -0.15) is 5.10 Å². The number of hydrogen-bond donors (Lipinski definition) is 0. The summed E-state index contributed by atoms with van der Waals surface area (Å²) < 4.78 is 1.77. The minimum Gasteiger partial charge on any atom is -0.298 e. The molecule has 15 heavy (non-hydrogen) atoms. The second-order valence-electron chi connectivity index (χ2n) is 3.38. The molecule has 0 aliphatic heterocycles. The van der Waals surface area contributed by atoms with Crippen LogP contribution in [0.4, 0.5) is 0 Å². The Morgan fingerprint density at radius 1 is 1.47 bits per heavy atom. The van der Waals surface area contributed by atoms with Crippen LogP contribution < -0.4 is 0 Å². The molecule has 0 spiro atoms. The molecule has 2 aromatic rings. The SMILES string of the molecule is Cc1cc(-c2cnccc2C=O)nn1C. The Bertz CT molecular complexity index is 483. The Hall–Kier alpha value is -1.97. The fourth-order valence-electron chi connectivity index (χ4n) is 1.41. The van der Waals surface area contributed by atoms with Crippen LogP contribution in [0.25, 0.3) is 11.3 Å². The molecule has 0 saturated heterocycles. The zero-order chi connectivity index (χ0) is 10.8. The fraction of sp³-hybridized carbons (Fsp3) is 0.182. The molecule has 4 heteroatoms. The number of carbonyl (C=O) groups is 1. The summed E-state index contributed by atoms with van der Waals surface area (Å²) in [5.41, 5.74) is 3.22. The maximum absolute atomic E-state index is 10.8. The van der Waals surface area contributed by atoms with Crippen molar-refractivity contribution in [3.05, 3.63) is 35.8 Å². The molecule has 2 rings (SSSR count). The number of hydrogen-bond acceptors (Lipinski definition) is 3. The summed E-state index contributed by atoms with van der Waals surface area (Å²) in [6.07, 6.45) is 4.08. The summed E-state index contributed by atoms with van der Waals surface area (Å²) in [6, 6.07) is 3.62. The van der Waals surface area contributed by atoms with Gasteiger partial charge in [0.2, 0.25) is 0 Å². The van der Waals surface area contributed by atoms with E-state index < -0.39 is 0 Å². The van der Waals surface area contributed by atoms with Crippen molar-refractivity contribution in [1.29, 1.82) is 0 Å². The number of pyridine rings is 1. The van der Waals surface area contributed by atoms with Crippen molar-refractivity contribution in [1.82, 2.24) is 14.8 Å². The molecule has 76 valence electrons. The van der Waals surface area contributed by atoms with E-state index in [9.17, 15) is 4.79 Å². The van der Waals surface area contributed by atoms with E-state index in [2.05, 4.69) is 10.1 Å². The average Bonchev–Trinajstić information content (AvgIpc) is 2.59. The van der Waals surface area contributed by atoms with Crippen LogP contribution in [0.1, 0.15) is 16.1 Å². The largest absolute Gasteiger partial charge is 0.298 e. The Balaban J connectivity index is 2.58. The van der Waals surface area contributed by atoms with Crippen LogP contribution in [-0.2, 0) is 7.05 Å². The van der Waals surface area contributed by atoms with Gasteiger partial charge in [-0.3, -0.25) is 14.5 Å². The minimum atomic E-state index is 0.614. The quantitative estimate of drug-likeness (QED) is 0.693. The molecule has 0 aromatic carbocycles. The molecule has 0 N–H and O–H groups in total. The van der Waals surface area contributed by atoms with E-state index in [0.717, 1.165) is 23.2 Å². The van der Waals surface area contributed by atoms with Gasteiger partial charge >= 0.3 is 0 Å². The molecular formula is C11H11N3O. The van der Waals surface area contributed by atoms with E-state index in [1.165, 1.54) is 0 Å². The number of rotatable bonds is 2. The summed E-state index contributed by atoms with van der Waals surface area (Å²) in [6.45, 7) is 1.97. The first-order valence-corrected chi connectivity index (χ1v) is 4.62. The summed E-state index contributed by atoms with van der Waals surface area (Å²) >= 11 is 0. The standard InChI is InChI=1S/C11H11N3O/c1-8-5-11(13-14(8)2)10-6-12-4-3-9(10)7-15/h3-7H,1-2H3. The van der Waals surface area contributed by atoms with Gasteiger partial charge in [-0.25, -0.2) is 0 Å². The second-order valence-corrected chi connectivity index (χ2v) is 3.38. The van der Waals surface area contributed by atoms with Crippen LogP contribution in [0.3, 0.4) is 0 Å². The van der Waals surface area contributed by atoms with Gasteiger partial charge < -0.3 is 0 Å². The van der Waals surface area contributed by atoms with Crippen molar-refractivity contribution >= 4 is 6.29 Å². The summed E-state index contributed by atoms with van der Waals surface area (Å²) in [5.74, 6) is 0. The zero-order valence-electron chi connectivity index (χ0n) is 8.64. The van der Waals surface area contributed by atoms with Crippen molar-refractivity contribution in [2.75, 3.05) is 0 Å². The molecule has 0 aliphatic carbocycles. The van der Waals surface area contributed by atoms with Crippen molar-refractivity contribution in [3.63, 3.8) is 0 Å². The lowest BCUT2D eigenvalue weighted by atomic mass is 10.1. The molecular weight excluding hydrogens is 190 g/mol. The van der Waals surface area contributed by atoms with Crippen LogP contribution in [0.2, 0.25) is 0 Å². The van der Waals surface area contributed by atoms with Gasteiger partial charge in [0.15, 0.2) is 6.29 Å². The second kappa shape index (κ2) is 3.65. The van der Waals surface area contributed by atoms with Gasteiger partial charge in [0, 0.05) is 36.3 Å². The zero-order valence-corrected chi connectivity index (χ0v) is 8.64. The van der Waals surface area contributed by atoms with Crippen LogP contribution in [0, 0.1) is 6.92 Å². The maximum Gasteiger partial charge on any atom is 0.150 e. The minimum absolute atomic E-state index is 0.614. The lowest BCUT2D eigenvalue weighted by Crippen LogP contribution is -1.93. The maximum atomic E-state index is 10.8. The Morgan fingerprint density at radius 3 is 2.87 bits per heavy atom. The van der Waals surface area contributed by atoms with E-state index in [4.69, 9.17) is 0 Å². The monoisotopic (exact) mass is 201 g/mol. The molecule has 0 fully saturated rings. The summed E-state index contributed by atoms with van der Waals surface area (Å²) in [7, 11) is 1.87. The van der Waals surface area contributed by atoms with Crippen molar-refractivity contribution in [2.24, 2.45) is 7.05 Å². The fourth-order valence-corrected chi connectivity index (χ4v) is 1.41. The first-order valence-electron chi connectivity index (χ1n) is 4.62. The third kappa shape index (κ3) is 1.66. The highest BCUT2D eigenvalue weighted by Gasteiger charge is 2.08. The smallest absolute Gasteiger partial charge is 0.150 e. The third-order valence-electron chi connectivity index (χ3n) is 2.37. The lowest BCUT2D eigenvalue weighted by Gasteiger charge is -1.98. The average molecular weight is 201 g/mol. The van der Waals surface area contributed by atoms with Gasteiger partial charge in [0.25, 0.3) is 0 Å². The number of aldehydes is 1.